The van der Waals surface area contributed by atoms with E-state index in [9.17, 15) is 0 Å². The maximum atomic E-state index is 8.96. The van der Waals surface area contributed by atoms with E-state index in [0.717, 1.165) is 0 Å². The second-order valence-electron chi connectivity index (χ2n) is 2.14. The molecule has 0 spiro atoms. The molecule has 0 bridgehead atoms. The number of hydrogen-bond donors (Lipinski definition) is 2. The van der Waals surface area contributed by atoms with Crippen LogP contribution in [0.25, 0.3) is 0 Å². The van der Waals surface area contributed by atoms with Gasteiger partial charge in [0.15, 0.2) is 0 Å². The average molecular weight is 133 g/mol. The molecule has 0 fully saturated rings. The molecule has 3 heteroatoms. The topological polar surface area (TPSA) is 43.7 Å². The second kappa shape index (κ2) is 3.15. The summed E-state index contributed by atoms with van der Waals surface area (Å²) in [5.74, 6) is -1.65. The Bertz CT molecular complexity index is 73.6. The van der Waals surface area contributed by atoms with Crippen molar-refractivity contribution < 1.29 is 10.2 Å². The van der Waals surface area contributed by atoms with Crippen molar-refractivity contribution in [1.82, 2.24) is 4.90 Å². The van der Waals surface area contributed by atoms with Crippen LogP contribution < -0.4 is 0 Å². The van der Waals surface area contributed by atoms with Crippen LogP contribution in [0.1, 0.15) is 20.8 Å². The Morgan fingerprint density at radius 2 is 1.56 bits per heavy atom. The van der Waals surface area contributed by atoms with Crippen LogP contribution in [-0.2, 0) is 0 Å². The minimum atomic E-state index is -1.65. The molecule has 0 atom stereocenters. The summed E-state index contributed by atoms with van der Waals surface area (Å²) in [6.07, 6.45) is 0. The van der Waals surface area contributed by atoms with Crippen molar-refractivity contribution in [2.45, 2.75) is 26.7 Å². The van der Waals surface area contributed by atoms with Gasteiger partial charge in [0.05, 0.1) is 0 Å². The number of hydrogen-bond acceptors (Lipinski definition) is 3. The van der Waals surface area contributed by atoms with Gasteiger partial charge in [0.25, 0.3) is 0 Å². The highest BCUT2D eigenvalue weighted by Gasteiger charge is 2.21. The molecule has 2 N–H and O–H groups in total. The zero-order valence-electron chi connectivity index (χ0n) is 6.26. The van der Waals surface area contributed by atoms with Gasteiger partial charge in [-0.2, -0.15) is 0 Å². The molecule has 0 aliphatic carbocycles. The minimum absolute atomic E-state index is 0.653. The van der Waals surface area contributed by atoms with Crippen molar-refractivity contribution >= 4 is 0 Å². The van der Waals surface area contributed by atoms with E-state index in [0.29, 0.717) is 13.1 Å². The molecule has 0 aliphatic rings. The highest BCUT2D eigenvalue weighted by atomic mass is 16.5. The monoisotopic (exact) mass is 133 g/mol. The molecule has 0 unspecified atom stereocenters. The van der Waals surface area contributed by atoms with Crippen molar-refractivity contribution in [3.05, 3.63) is 0 Å². The van der Waals surface area contributed by atoms with Crippen molar-refractivity contribution in [2.75, 3.05) is 13.1 Å². The highest BCUT2D eigenvalue weighted by Crippen LogP contribution is 2.04. The lowest BCUT2D eigenvalue weighted by Gasteiger charge is -2.29. The Labute approximate surface area is 55.9 Å². The van der Waals surface area contributed by atoms with Gasteiger partial charge in [0.1, 0.15) is 0 Å². The van der Waals surface area contributed by atoms with Gasteiger partial charge in [-0.15, -0.1) is 0 Å². The summed E-state index contributed by atoms with van der Waals surface area (Å²) < 4.78 is 0. The quantitative estimate of drug-likeness (QED) is 0.532. The summed E-state index contributed by atoms with van der Waals surface area (Å²) in [6.45, 7) is 6.43. The second-order valence-corrected chi connectivity index (χ2v) is 2.14. The van der Waals surface area contributed by atoms with E-state index >= 15 is 0 Å². The highest BCUT2D eigenvalue weighted by molar-refractivity contribution is 4.57. The molecule has 9 heavy (non-hydrogen) atoms. The summed E-state index contributed by atoms with van der Waals surface area (Å²) in [4.78, 5) is 1.55. The first-order chi connectivity index (χ1) is 4.02. The fraction of sp³-hybridized carbons (Fsp3) is 1.00. The molecule has 0 saturated heterocycles. The van der Waals surface area contributed by atoms with Gasteiger partial charge in [0, 0.05) is 20.0 Å². The molecule has 0 saturated carbocycles. The third-order valence-electron chi connectivity index (χ3n) is 1.36. The molecule has 0 aromatic heterocycles. The molecule has 0 aliphatic heterocycles. The Hall–Kier alpha value is -0.120. The molecule has 0 rings (SSSR count). The van der Waals surface area contributed by atoms with Crippen LogP contribution in [0.3, 0.4) is 0 Å². The maximum absolute atomic E-state index is 8.96. The van der Waals surface area contributed by atoms with Gasteiger partial charge in [-0.25, -0.2) is 0 Å². The van der Waals surface area contributed by atoms with Gasteiger partial charge in [-0.1, -0.05) is 13.8 Å². The lowest BCUT2D eigenvalue weighted by Crippen LogP contribution is -2.45. The van der Waals surface area contributed by atoms with Crippen LogP contribution >= 0.6 is 0 Å². The van der Waals surface area contributed by atoms with Crippen LogP contribution in [0.4, 0.5) is 0 Å². The van der Waals surface area contributed by atoms with Crippen molar-refractivity contribution in [1.29, 1.82) is 0 Å². The van der Waals surface area contributed by atoms with Crippen molar-refractivity contribution in [3.8, 4) is 0 Å². The van der Waals surface area contributed by atoms with Gasteiger partial charge >= 0.3 is 0 Å². The largest absolute Gasteiger partial charge is 0.353 e. The molecule has 0 aromatic rings. The summed E-state index contributed by atoms with van der Waals surface area (Å²) >= 11 is 0. The Kier molecular flexibility index (Phi) is 3.11. The van der Waals surface area contributed by atoms with Crippen LogP contribution in [0.2, 0.25) is 0 Å². The van der Waals surface area contributed by atoms with E-state index in [1.807, 2.05) is 13.8 Å². The van der Waals surface area contributed by atoms with Crippen molar-refractivity contribution in [3.63, 3.8) is 0 Å². The van der Waals surface area contributed by atoms with Crippen LogP contribution in [-0.4, -0.2) is 34.1 Å². The molecule has 0 amide bonds. The van der Waals surface area contributed by atoms with Crippen molar-refractivity contribution in [2.24, 2.45) is 0 Å². The van der Waals surface area contributed by atoms with Gasteiger partial charge in [-0.3, -0.25) is 4.90 Å². The van der Waals surface area contributed by atoms with E-state index in [1.54, 1.807) is 4.90 Å². The lowest BCUT2D eigenvalue weighted by molar-refractivity contribution is -0.247. The third kappa shape index (κ3) is 2.79. The molecule has 0 radical (unpaired) electrons. The summed E-state index contributed by atoms with van der Waals surface area (Å²) in [5.41, 5.74) is 0. The maximum Gasteiger partial charge on any atom is 0.221 e. The van der Waals surface area contributed by atoms with Gasteiger partial charge < -0.3 is 10.2 Å². The van der Waals surface area contributed by atoms with E-state index in [-0.39, 0.29) is 0 Å². The molecular formula is C6H15NO2. The smallest absolute Gasteiger partial charge is 0.221 e. The van der Waals surface area contributed by atoms with E-state index in [4.69, 9.17) is 10.2 Å². The predicted octanol–water partition coefficient (Wildman–Crippen LogP) is -0.0135. The van der Waals surface area contributed by atoms with Crippen LogP contribution in [0.5, 0.6) is 0 Å². The molecule has 56 valence electrons. The first-order valence-electron chi connectivity index (χ1n) is 3.22. The van der Waals surface area contributed by atoms with E-state index in [2.05, 4.69) is 0 Å². The van der Waals surface area contributed by atoms with E-state index < -0.39 is 5.91 Å². The van der Waals surface area contributed by atoms with Gasteiger partial charge in [-0.05, 0) is 0 Å². The lowest BCUT2D eigenvalue weighted by atomic mass is 10.4. The molecular weight excluding hydrogens is 118 g/mol. The Morgan fingerprint density at radius 1 is 1.22 bits per heavy atom. The van der Waals surface area contributed by atoms with E-state index in [1.165, 1.54) is 6.92 Å². The van der Waals surface area contributed by atoms with Crippen LogP contribution in [0, 0.1) is 0 Å². The zero-order chi connectivity index (χ0) is 7.49. The SMILES string of the molecule is CCN(CC)C(C)(O)O. The summed E-state index contributed by atoms with van der Waals surface area (Å²) in [7, 11) is 0. The minimum Gasteiger partial charge on any atom is -0.353 e. The number of nitrogens with zero attached hydrogens (tertiary/aromatic N) is 1. The predicted molar refractivity (Wildman–Crippen MR) is 35.8 cm³/mol. The summed E-state index contributed by atoms with van der Waals surface area (Å²) in [6, 6.07) is 0. The number of aliphatic hydroxyl groups is 2. The fourth-order valence-electron chi connectivity index (χ4n) is 0.823. The molecule has 0 heterocycles. The Balaban J connectivity index is 3.79. The molecule has 3 nitrogen and oxygen atoms in total. The third-order valence-corrected chi connectivity index (χ3v) is 1.36. The van der Waals surface area contributed by atoms with Crippen LogP contribution in [0.15, 0.2) is 0 Å². The Morgan fingerprint density at radius 3 is 1.56 bits per heavy atom. The average Bonchev–Trinajstić information content (AvgIpc) is 1.65. The van der Waals surface area contributed by atoms with Gasteiger partial charge in [0.2, 0.25) is 5.91 Å². The summed E-state index contributed by atoms with van der Waals surface area (Å²) in [5, 5.41) is 17.9. The zero-order valence-corrected chi connectivity index (χ0v) is 6.26. The first-order valence-corrected chi connectivity index (χ1v) is 3.22. The standard InChI is InChI=1S/C6H15NO2/c1-4-7(5-2)6(3,8)9/h8-9H,4-5H2,1-3H3. The molecule has 0 aromatic carbocycles. The first kappa shape index (κ1) is 8.88. The normalized spacial score (nSPS) is 12.7. The fourth-order valence-corrected chi connectivity index (χ4v) is 0.823. The number of rotatable bonds is 3.